The van der Waals surface area contributed by atoms with E-state index in [0.29, 0.717) is 12.8 Å². The Hall–Kier alpha value is -2.27. The zero-order valence-corrected chi connectivity index (χ0v) is 19.4. The van der Waals surface area contributed by atoms with Gasteiger partial charge >= 0.3 is 0 Å². The van der Waals surface area contributed by atoms with Gasteiger partial charge in [0.2, 0.25) is 0 Å². The number of likely N-dealkylation sites (N-methyl/N-ethyl adjacent to an activating group) is 1. The number of hydrogen-bond donors (Lipinski definition) is 5. The van der Waals surface area contributed by atoms with Crippen molar-refractivity contribution in [1.29, 1.82) is 0 Å². The zero-order chi connectivity index (χ0) is 24.6. The van der Waals surface area contributed by atoms with Crippen LogP contribution in [0, 0.1) is 23.7 Å². The number of nitrogens with zero attached hydrogens (tertiary/aromatic N) is 2. The molecule has 2 fully saturated rings. The van der Waals surface area contributed by atoms with Gasteiger partial charge in [-0.3, -0.25) is 19.3 Å². The van der Waals surface area contributed by atoms with E-state index in [9.17, 15) is 34.8 Å². The summed E-state index contributed by atoms with van der Waals surface area (Å²) in [5.74, 6) is -6.51. The summed E-state index contributed by atoms with van der Waals surface area (Å²) >= 11 is 0. The van der Waals surface area contributed by atoms with Gasteiger partial charge in [0, 0.05) is 17.5 Å². The highest BCUT2D eigenvalue weighted by Gasteiger charge is 2.64. The first kappa shape index (κ1) is 23.9. The Labute approximate surface area is 192 Å². The van der Waals surface area contributed by atoms with Crippen LogP contribution in [0.25, 0.3) is 0 Å². The van der Waals surface area contributed by atoms with Crippen LogP contribution < -0.4 is 5.73 Å². The molecule has 0 aromatic rings. The molecule has 10 heteroatoms. The molecule has 10 nitrogen and oxygen atoms in total. The number of aliphatic hydroxyl groups is 4. The molecule has 0 unspecified atom stereocenters. The maximum atomic E-state index is 13.6. The number of allylic oxidation sites excluding steroid dienone is 1. The topological polar surface area (TPSA) is 165 Å². The van der Waals surface area contributed by atoms with Crippen LogP contribution in [0.4, 0.5) is 0 Å². The van der Waals surface area contributed by atoms with Gasteiger partial charge < -0.3 is 31.1 Å². The van der Waals surface area contributed by atoms with Crippen LogP contribution >= 0.6 is 0 Å². The van der Waals surface area contributed by atoms with Gasteiger partial charge in [0.05, 0.1) is 18.1 Å². The molecular weight excluding hydrogens is 430 g/mol. The Morgan fingerprint density at radius 1 is 1.00 bits per heavy atom. The molecule has 0 aromatic heterocycles. The van der Waals surface area contributed by atoms with Gasteiger partial charge in [-0.2, -0.15) is 0 Å². The zero-order valence-electron chi connectivity index (χ0n) is 19.4. The van der Waals surface area contributed by atoms with E-state index in [1.807, 2.05) is 19.0 Å². The molecular formula is C23H33N3O7. The summed E-state index contributed by atoms with van der Waals surface area (Å²) in [5, 5.41) is 44.4. The molecule has 4 aliphatic carbocycles. The summed E-state index contributed by atoms with van der Waals surface area (Å²) < 4.78 is 0. The number of aliphatic hydroxyl groups excluding tert-OH is 3. The van der Waals surface area contributed by atoms with Crippen LogP contribution in [0.1, 0.15) is 25.7 Å². The van der Waals surface area contributed by atoms with E-state index < -0.39 is 70.1 Å². The third-order valence-electron chi connectivity index (χ3n) is 8.31. The molecule has 0 aliphatic heterocycles. The Bertz CT molecular complexity index is 971. The van der Waals surface area contributed by atoms with Gasteiger partial charge in [-0.1, -0.05) is 0 Å². The lowest BCUT2D eigenvalue weighted by atomic mass is 9.54. The van der Waals surface area contributed by atoms with Gasteiger partial charge in [-0.05, 0) is 65.7 Å². The molecule has 8 atom stereocenters. The fraction of sp³-hybridized carbons (Fsp3) is 0.696. The summed E-state index contributed by atoms with van der Waals surface area (Å²) in [6.07, 6.45) is 0.934. The van der Waals surface area contributed by atoms with Crippen molar-refractivity contribution in [2.45, 2.75) is 49.5 Å². The fourth-order valence-corrected chi connectivity index (χ4v) is 6.90. The number of fused-ring (bicyclic) bond motifs is 3. The highest BCUT2D eigenvalue weighted by atomic mass is 16.4. The minimum absolute atomic E-state index is 0.0318. The van der Waals surface area contributed by atoms with Crippen molar-refractivity contribution in [1.82, 2.24) is 9.80 Å². The molecule has 6 N–H and O–H groups in total. The van der Waals surface area contributed by atoms with Crippen molar-refractivity contribution in [3.05, 3.63) is 22.7 Å². The van der Waals surface area contributed by atoms with Crippen molar-refractivity contribution in [3.63, 3.8) is 0 Å². The summed E-state index contributed by atoms with van der Waals surface area (Å²) in [5.41, 5.74) is 2.03. The number of amides is 1. The van der Waals surface area contributed by atoms with E-state index >= 15 is 0 Å². The Morgan fingerprint density at radius 2 is 1.64 bits per heavy atom. The second-order valence-electron chi connectivity index (χ2n) is 10.4. The van der Waals surface area contributed by atoms with E-state index in [-0.39, 0.29) is 24.0 Å². The predicted octanol–water partition coefficient (Wildman–Crippen LogP) is -0.734. The Morgan fingerprint density at radius 3 is 2.18 bits per heavy atom. The molecule has 0 spiro atoms. The van der Waals surface area contributed by atoms with Crippen LogP contribution in [0.2, 0.25) is 0 Å². The fourth-order valence-electron chi connectivity index (χ4n) is 6.90. The van der Waals surface area contributed by atoms with Crippen LogP contribution in [0.3, 0.4) is 0 Å². The Kier molecular flexibility index (Phi) is 5.72. The molecule has 0 saturated heterocycles. The van der Waals surface area contributed by atoms with Crippen LogP contribution in [0.5, 0.6) is 0 Å². The third-order valence-corrected chi connectivity index (χ3v) is 8.31. The SMILES string of the molecule is CN(C)[C@@H]1CC[C@H](O)[C@@H]2C(=O)C3=C(O)[C@]4(O)C(O)=C(C(N)=O)C(=O)[C@@H](N(C)C)[C@@H]4C[C@@H]3C[C@H]21. The second kappa shape index (κ2) is 7.90. The van der Waals surface area contributed by atoms with Crippen LogP contribution in [-0.4, -0.2) is 99.7 Å². The number of hydrogen-bond acceptors (Lipinski definition) is 9. The van der Waals surface area contributed by atoms with E-state index in [4.69, 9.17) is 5.73 Å². The average molecular weight is 464 g/mol. The number of Topliss-reactive ketones (excluding diaryl/α,β-unsaturated/α-hetero) is 2. The van der Waals surface area contributed by atoms with E-state index in [0.717, 1.165) is 6.42 Å². The quantitative estimate of drug-likeness (QED) is 0.339. The molecule has 0 bridgehead atoms. The summed E-state index contributed by atoms with van der Waals surface area (Å²) in [7, 11) is 7.06. The van der Waals surface area contributed by atoms with Crippen LogP contribution in [0.15, 0.2) is 22.7 Å². The lowest BCUT2D eigenvalue weighted by Gasteiger charge is -2.54. The molecule has 4 aliphatic rings. The van der Waals surface area contributed by atoms with E-state index in [2.05, 4.69) is 0 Å². The molecule has 4 rings (SSSR count). The van der Waals surface area contributed by atoms with Gasteiger partial charge in [0.1, 0.15) is 17.1 Å². The smallest absolute Gasteiger partial charge is 0.255 e. The van der Waals surface area contributed by atoms with Crippen molar-refractivity contribution in [2.75, 3.05) is 28.2 Å². The average Bonchev–Trinajstić information content (AvgIpc) is 2.70. The van der Waals surface area contributed by atoms with E-state index in [1.165, 1.54) is 4.90 Å². The summed E-state index contributed by atoms with van der Waals surface area (Å²) in [6, 6.07) is -0.967. The molecule has 33 heavy (non-hydrogen) atoms. The number of carbonyl (C=O) groups excluding carboxylic acids is 3. The molecule has 2 saturated carbocycles. The maximum absolute atomic E-state index is 13.6. The number of rotatable bonds is 3. The third kappa shape index (κ3) is 3.18. The first-order valence-corrected chi connectivity index (χ1v) is 11.3. The first-order valence-electron chi connectivity index (χ1n) is 11.3. The van der Waals surface area contributed by atoms with Gasteiger partial charge in [0.25, 0.3) is 5.91 Å². The summed E-state index contributed by atoms with van der Waals surface area (Å²) in [4.78, 5) is 42.3. The molecule has 0 heterocycles. The lowest BCUT2D eigenvalue weighted by Crippen LogP contribution is -2.64. The van der Waals surface area contributed by atoms with E-state index in [1.54, 1.807) is 14.1 Å². The highest BCUT2D eigenvalue weighted by Crippen LogP contribution is 2.55. The monoisotopic (exact) mass is 463 g/mol. The van der Waals surface area contributed by atoms with Crippen LogP contribution in [-0.2, 0) is 14.4 Å². The molecule has 0 aromatic carbocycles. The summed E-state index contributed by atoms with van der Waals surface area (Å²) in [6.45, 7) is 0. The second-order valence-corrected chi connectivity index (χ2v) is 10.4. The van der Waals surface area contributed by atoms with Gasteiger partial charge in [0.15, 0.2) is 17.2 Å². The normalized spacial score (nSPS) is 41.3. The number of carbonyl (C=O) groups is 3. The maximum Gasteiger partial charge on any atom is 0.255 e. The lowest BCUT2D eigenvalue weighted by molar-refractivity contribution is -0.142. The number of nitrogens with two attached hydrogens (primary N) is 1. The number of ketones is 2. The first-order chi connectivity index (χ1) is 15.3. The predicted molar refractivity (Wildman–Crippen MR) is 117 cm³/mol. The molecule has 1 amide bonds. The minimum atomic E-state index is -2.50. The van der Waals surface area contributed by atoms with Gasteiger partial charge in [-0.25, -0.2) is 0 Å². The van der Waals surface area contributed by atoms with Crippen molar-refractivity contribution in [3.8, 4) is 0 Å². The van der Waals surface area contributed by atoms with Crippen molar-refractivity contribution < 1.29 is 34.8 Å². The van der Waals surface area contributed by atoms with Gasteiger partial charge in [-0.15, -0.1) is 0 Å². The highest BCUT2D eigenvalue weighted by molar-refractivity contribution is 6.22. The minimum Gasteiger partial charge on any atom is -0.508 e. The standard InChI is InChI=1S/C23H33N3O7/c1-25(2)12-5-6-13(27)15-10(12)7-9-8-11-17(26(3)4)19(29)16(22(24)32)21(31)23(11,33)20(30)14(9)18(15)28/h9-13,15,17,27,30-31,33H,5-8H2,1-4H3,(H2,24,32)/t9-,10-,11-,12+,13-,15+,17-,23-/m0/s1. The van der Waals surface area contributed by atoms with Crippen molar-refractivity contribution >= 4 is 17.5 Å². The number of primary amides is 1. The molecule has 0 radical (unpaired) electrons. The van der Waals surface area contributed by atoms with Crippen molar-refractivity contribution in [2.24, 2.45) is 29.4 Å². The Balaban J connectivity index is 1.90. The molecule has 182 valence electrons. The largest absolute Gasteiger partial charge is 0.508 e.